The van der Waals surface area contributed by atoms with Crippen molar-refractivity contribution in [2.45, 2.75) is 116 Å². The first kappa shape index (κ1) is 36.7. The summed E-state index contributed by atoms with van der Waals surface area (Å²) < 4.78 is 28.4. The number of hydrogen-bond donors (Lipinski definition) is 1. The van der Waals surface area contributed by atoms with E-state index in [0.717, 1.165) is 43.3 Å². The Morgan fingerprint density at radius 2 is 1.70 bits per heavy atom. The first-order valence-electron chi connectivity index (χ1n) is 15.6. The van der Waals surface area contributed by atoms with Crippen LogP contribution < -0.4 is 0 Å². The lowest BCUT2D eigenvalue weighted by Crippen LogP contribution is -2.58. The average Bonchev–Trinajstić information content (AvgIpc) is 3.00. The van der Waals surface area contributed by atoms with Gasteiger partial charge in [-0.05, 0) is 51.0 Å². The summed E-state index contributed by atoms with van der Waals surface area (Å²) in [5.74, 6) is -1.21. The van der Waals surface area contributed by atoms with Gasteiger partial charge in [-0.3, -0.25) is 0 Å². The molecule has 8 heteroatoms. The minimum atomic E-state index is -0.992. The molecule has 0 saturated carbocycles. The molecule has 0 bridgehead atoms. The molecule has 8 nitrogen and oxygen atoms in total. The van der Waals surface area contributed by atoms with Gasteiger partial charge in [-0.2, -0.15) is 0 Å². The third-order valence-electron chi connectivity index (χ3n) is 8.58. The van der Waals surface area contributed by atoms with Crippen LogP contribution in [0.15, 0.2) is 59.8 Å². The van der Waals surface area contributed by atoms with Gasteiger partial charge in [0.15, 0.2) is 5.79 Å². The van der Waals surface area contributed by atoms with E-state index in [0.29, 0.717) is 25.2 Å². The van der Waals surface area contributed by atoms with Gasteiger partial charge in [-0.1, -0.05) is 75.6 Å². The quantitative estimate of drug-likeness (QED) is 0.136. The molecule has 0 aromatic rings. The second-order valence-corrected chi connectivity index (χ2v) is 12.1. The van der Waals surface area contributed by atoms with Crippen LogP contribution in [-0.4, -0.2) is 68.1 Å². The summed E-state index contributed by atoms with van der Waals surface area (Å²) in [4.78, 5) is 23.1. The smallest absolute Gasteiger partial charge is 0.330 e. The van der Waals surface area contributed by atoms with E-state index in [1.165, 1.54) is 26.4 Å². The standard InChI is InChI=1S/C35H54O8/c1-9-10-20-34(38)22-23-35(43-31(34)17-13-26(3)24-33(37)41-8)21-19-28(5)30(42-35)16-12-25(2)11-15-29(39-6)27(4)14-18-32(36)40-7/h11-15,17-18,24,27-31,38H,9-10,16,19-23H2,1-8H3/t27-,28-,29-,30+,31-,34+,35-/m0/s1. The first-order valence-corrected chi connectivity index (χ1v) is 15.6. The fourth-order valence-corrected chi connectivity index (χ4v) is 5.58. The van der Waals surface area contributed by atoms with Crippen molar-refractivity contribution >= 4 is 11.9 Å². The van der Waals surface area contributed by atoms with Crippen molar-refractivity contribution in [3.63, 3.8) is 0 Å². The number of carbonyl (C=O) groups is 2. The highest BCUT2D eigenvalue weighted by Crippen LogP contribution is 2.46. The second-order valence-electron chi connectivity index (χ2n) is 12.1. The molecule has 2 fully saturated rings. The van der Waals surface area contributed by atoms with E-state index < -0.39 is 23.5 Å². The summed E-state index contributed by atoms with van der Waals surface area (Å²) in [6.45, 7) is 10.2. The van der Waals surface area contributed by atoms with Gasteiger partial charge in [0, 0.05) is 38.0 Å². The normalized spacial score (nSPS) is 30.3. The summed E-state index contributed by atoms with van der Waals surface area (Å²) >= 11 is 0. The molecule has 2 aliphatic rings. The van der Waals surface area contributed by atoms with Gasteiger partial charge in [0.05, 0.1) is 32.0 Å². The van der Waals surface area contributed by atoms with Crippen LogP contribution in [0.1, 0.15) is 86.0 Å². The van der Waals surface area contributed by atoms with Crippen LogP contribution in [-0.2, 0) is 33.3 Å². The van der Waals surface area contributed by atoms with Gasteiger partial charge >= 0.3 is 11.9 Å². The maximum absolute atomic E-state index is 11.7. The summed E-state index contributed by atoms with van der Waals surface area (Å²) in [5.41, 5.74) is 0.823. The van der Waals surface area contributed by atoms with Gasteiger partial charge < -0.3 is 28.8 Å². The van der Waals surface area contributed by atoms with Crippen LogP contribution in [0.5, 0.6) is 0 Å². The predicted octanol–water partition coefficient (Wildman–Crippen LogP) is 6.55. The summed E-state index contributed by atoms with van der Waals surface area (Å²) in [6.07, 6.45) is 20.0. The lowest BCUT2D eigenvalue weighted by Gasteiger charge is -2.52. The van der Waals surface area contributed by atoms with Gasteiger partial charge in [0.1, 0.15) is 6.10 Å². The van der Waals surface area contributed by atoms with Crippen molar-refractivity contribution in [2.75, 3.05) is 21.3 Å². The number of allylic oxidation sites excluding steroid dienone is 4. The highest BCUT2D eigenvalue weighted by Gasteiger charge is 2.51. The van der Waals surface area contributed by atoms with Crippen molar-refractivity contribution in [1.29, 1.82) is 0 Å². The topological polar surface area (TPSA) is 101 Å². The Labute approximate surface area is 258 Å². The highest BCUT2D eigenvalue weighted by molar-refractivity contribution is 5.83. The van der Waals surface area contributed by atoms with Crippen LogP contribution in [0.3, 0.4) is 0 Å². The molecule has 0 unspecified atom stereocenters. The summed E-state index contributed by atoms with van der Waals surface area (Å²) in [6, 6.07) is 0. The third kappa shape index (κ3) is 11.5. The number of unbranched alkanes of at least 4 members (excludes halogenated alkanes) is 1. The minimum Gasteiger partial charge on any atom is -0.466 e. The van der Waals surface area contributed by atoms with Gasteiger partial charge in [0.2, 0.25) is 0 Å². The Bertz CT molecular complexity index is 1060. The number of rotatable bonds is 14. The Balaban J connectivity index is 2.15. The molecule has 2 heterocycles. The van der Waals surface area contributed by atoms with E-state index in [2.05, 4.69) is 31.6 Å². The monoisotopic (exact) mass is 602 g/mol. The second kappa shape index (κ2) is 17.7. The van der Waals surface area contributed by atoms with Crippen LogP contribution in [0, 0.1) is 11.8 Å². The van der Waals surface area contributed by atoms with Crippen LogP contribution in [0.2, 0.25) is 0 Å². The van der Waals surface area contributed by atoms with E-state index in [1.54, 1.807) is 13.2 Å². The van der Waals surface area contributed by atoms with Crippen molar-refractivity contribution in [2.24, 2.45) is 11.8 Å². The number of hydrogen-bond acceptors (Lipinski definition) is 8. The third-order valence-corrected chi connectivity index (χ3v) is 8.58. The lowest BCUT2D eigenvalue weighted by atomic mass is 9.78. The fraction of sp³-hybridized carbons (Fsp3) is 0.657. The predicted molar refractivity (Wildman–Crippen MR) is 168 cm³/mol. The molecule has 2 saturated heterocycles. The number of aliphatic hydroxyl groups is 1. The SMILES string of the molecule is CCCC[C@@]1(O)CC[C@]2(CC[C@H](C)[C@@H](CC=C(C)C=C[C@H](OC)[C@@H](C)C=CC(=O)OC)O2)O[C@H]1C=CC(C)=CC(=O)OC. The highest BCUT2D eigenvalue weighted by atomic mass is 16.7. The van der Waals surface area contributed by atoms with E-state index in [9.17, 15) is 14.7 Å². The molecule has 0 amide bonds. The van der Waals surface area contributed by atoms with Gasteiger partial charge in [-0.25, -0.2) is 9.59 Å². The number of ether oxygens (including phenoxy) is 5. The molecule has 0 radical (unpaired) electrons. The van der Waals surface area contributed by atoms with Crippen molar-refractivity contribution in [3.8, 4) is 0 Å². The summed E-state index contributed by atoms with van der Waals surface area (Å²) in [5, 5.41) is 11.7. The Morgan fingerprint density at radius 3 is 2.35 bits per heavy atom. The number of carbonyl (C=O) groups excluding carboxylic acids is 2. The maximum atomic E-state index is 11.7. The minimum absolute atomic E-state index is 0.00383. The molecule has 2 aliphatic heterocycles. The largest absolute Gasteiger partial charge is 0.466 e. The van der Waals surface area contributed by atoms with Gasteiger partial charge in [-0.15, -0.1) is 0 Å². The van der Waals surface area contributed by atoms with Gasteiger partial charge in [0.25, 0.3) is 0 Å². The maximum Gasteiger partial charge on any atom is 0.330 e. The van der Waals surface area contributed by atoms with E-state index in [1.807, 2.05) is 38.2 Å². The molecule has 1 spiro atoms. The molecule has 0 aromatic heterocycles. The Kier molecular flexibility index (Phi) is 15.1. The van der Waals surface area contributed by atoms with E-state index in [4.69, 9.17) is 18.9 Å². The van der Waals surface area contributed by atoms with Crippen molar-refractivity contribution in [1.82, 2.24) is 0 Å². The van der Waals surface area contributed by atoms with Crippen LogP contribution in [0.4, 0.5) is 0 Å². The first-order chi connectivity index (χ1) is 20.4. The van der Waals surface area contributed by atoms with Crippen molar-refractivity contribution in [3.05, 3.63) is 59.8 Å². The van der Waals surface area contributed by atoms with E-state index >= 15 is 0 Å². The molecule has 7 atom stereocenters. The number of methoxy groups -OCH3 is 3. The molecule has 0 aliphatic carbocycles. The van der Waals surface area contributed by atoms with E-state index in [-0.39, 0.29) is 24.1 Å². The lowest BCUT2D eigenvalue weighted by molar-refractivity contribution is -0.343. The molecule has 242 valence electrons. The average molecular weight is 603 g/mol. The Hall–Kier alpha value is -2.52. The zero-order valence-electron chi connectivity index (χ0n) is 27.5. The molecular formula is C35H54O8. The molecule has 1 N–H and O–H groups in total. The van der Waals surface area contributed by atoms with Crippen LogP contribution >= 0.6 is 0 Å². The van der Waals surface area contributed by atoms with Crippen molar-refractivity contribution < 1.29 is 38.4 Å². The number of esters is 2. The molecular weight excluding hydrogens is 548 g/mol. The molecule has 0 aromatic carbocycles. The molecule has 43 heavy (non-hydrogen) atoms. The zero-order valence-corrected chi connectivity index (χ0v) is 27.5. The fourth-order valence-electron chi connectivity index (χ4n) is 5.58. The summed E-state index contributed by atoms with van der Waals surface area (Å²) in [7, 11) is 4.36. The zero-order chi connectivity index (χ0) is 32.0. The molecule has 2 rings (SSSR count). The Morgan fingerprint density at radius 1 is 0.977 bits per heavy atom. The van der Waals surface area contributed by atoms with Crippen LogP contribution in [0.25, 0.3) is 0 Å².